The molecule has 0 spiro atoms. The molecule has 0 saturated heterocycles. The first kappa shape index (κ1) is 29.5. The van der Waals surface area contributed by atoms with Crippen molar-refractivity contribution in [2.75, 3.05) is 18.5 Å². The standard InChI is InChI=1S/C31H37FN6O4/c1-31(2,41)28(32)17-35-30(40)24-16-34-26(27-10-9-23-11-21(14-33)15-36-38(23)27)13-25(24)37-22-7-5-19(6-8-22)12-29(39)42-18-20-3-4-20/h9-11,13,15-16,19-20,22,28,41H,3-8,12,17-18H2,1-2H3,(H,34,37)(H,35,40)/t19?,22?,28-/m1/s1. The summed E-state index contributed by atoms with van der Waals surface area (Å²) in [6.45, 7) is 2.90. The Morgan fingerprint density at radius 3 is 2.60 bits per heavy atom. The third-order valence-corrected chi connectivity index (χ3v) is 8.09. The van der Waals surface area contributed by atoms with E-state index in [1.807, 2.05) is 12.1 Å². The topological polar surface area (TPSA) is 142 Å². The van der Waals surface area contributed by atoms with Crippen LogP contribution >= 0.6 is 0 Å². The fraction of sp³-hybridized carbons (Fsp3) is 0.516. The minimum Gasteiger partial charge on any atom is -0.465 e. The molecule has 11 heteroatoms. The molecule has 1 amide bonds. The number of nitrogens with one attached hydrogen (secondary N) is 2. The molecule has 2 saturated carbocycles. The van der Waals surface area contributed by atoms with Gasteiger partial charge in [0, 0.05) is 18.7 Å². The number of rotatable bonds is 11. The summed E-state index contributed by atoms with van der Waals surface area (Å²) in [5.74, 6) is 0.188. The normalized spacial score (nSPS) is 19.6. The Hall–Kier alpha value is -4.04. The number of alkyl halides is 1. The molecule has 5 rings (SSSR count). The number of hydrogen-bond acceptors (Lipinski definition) is 8. The van der Waals surface area contributed by atoms with Gasteiger partial charge < -0.3 is 20.5 Å². The number of esters is 1. The van der Waals surface area contributed by atoms with Crippen LogP contribution in [-0.4, -0.2) is 62.5 Å². The summed E-state index contributed by atoms with van der Waals surface area (Å²) in [6, 6.07) is 9.35. The second kappa shape index (κ2) is 12.4. The minimum absolute atomic E-state index is 0.0659. The Bertz CT molecular complexity index is 1480. The molecule has 0 bridgehead atoms. The summed E-state index contributed by atoms with van der Waals surface area (Å²) in [4.78, 5) is 29.9. The van der Waals surface area contributed by atoms with Gasteiger partial charge in [-0.1, -0.05) is 0 Å². The van der Waals surface area contributed by atoms with E-state index in [-0.39, 0.29) is 30.0 Å². The van der Waals surface area contributed by atoms with Crippen molar-refractivity contribution in [3.63, 3.8) is 0 Å². The second-order valence-electron chi connectivity index (χ2n) is 12.1. The van der Waals surface area contributed by atoms with Crippen molar-refractivity contribution in [3.05, 3.63) is 47.8 Å². The molecule has 2 aliphatic carbocycles. The van der Waals surface area contributed by atoms with Crippen LogP contribution in [0.3, 0.4) is 0 Å². The Labute approximate surface area is 244 Å². The predicted molar refractivity (Wildman–Crippen MR) is 154 cm³/mol. The second-order valence-corrected chi connectivity index (χ2v) is 12.1. The highest BCUT2D eigenvalue weighted by molar-refractivity contribution is 6.00. The van der Waals surface area contributed by atoms with Gasteiger partial charge >= 0.3 is 5.97 Å². The van der Waals surface area contributed by atoms with E-state index in [9.17, 15) is 24.3 Å². The van der Waals surface area contributed by atoms with Crippen LogP contribution in [0.4, 0.5) is 10.1 Å². The molecular weight excluding hydrogens is 539 g/mol. The highest BCUT2D eigenvalue weighted by atomic mass is 19.1. The average molecular weight is 577 g/mol. The van der Waals surface area contributed by atoms with Gasteiger partial charge in [-0.2, -0.15) is 10.4 Å². The zero-order valence-electron chi connectivity index (χ0n) is 24.0. The van der Waals surface area contributed by atoms with Crippen LogP contribution in [0.5, 0.6) is 0 Å². The number of aliphatic hydroxyl groups is 1. The summed E-state index contributed by atoms with van der Waals surface area (Å²) in [7, 11) is 0. The number of hydrogen-bond donors (Lipinski definition) is 3. The molecule has 3 heterocycles. The van der Waals surface area contributed by atoms with Crippen LogP contribution < -0.4 is 10.6 Å². The van der Waals surface area contributed by atoms with E-state index in [4.69, 9.17) is 4.74 Å². The molecule has 222 valence electrons. The Balaban J connectivity index is 1.32. The fourth-order valence-corrected chi connectivity index (χ4v) is 5.20. The van der Waals surface area contributed by atoms with Gasteiger partial charge in [0.15, 0.2) is 0 Å². The van der Waals surface area contributed by atoms with Crippen molar-refractivity contribution < 1.29 is 23.8 Å². The summed E-state index contributed by atoms with van der Waals surface area (Å²) in [5.41, 5.74) is 1.64. The lowest BCUT2D eigenvalue weighted by Gasteiger charge is -2.30. The number of nitrogens with zero attached hydrogens (tertiary/aromatic N) is 4. The highest BCUT2D eigenvalue weighted by Crippen LogP contribution is 2.33. The molecule has 0 aromatic carbocycles. The van der Waals surface area contributed by atoms with Crippen LogP contribution in [0.1, 0.15) is 74.7 Å². The third kappa shape index (κ3) is 7.23. The van der Waals surface area contributed by atoms with E-state index < -0.39 is 17.7 Å². The van der Waals surface area contributed by atoms with Gasteiger partial charge in [0.1, 0.15) is 12.2 Å². The maximum atomic E-state index is 14.4. The van der Waals surface area contributed by atoms with Gasteiger partial charge in [-0.25, -0.2) is 8.91 Å². The van der Waals surface area contributed by atoms with E-state index >= 15 is 0 Å². The minimum atomic E-state index is -1.65. The molecule has 2 fully saturated rings. The van der Waals surface area contributed by atoms with Gasteiger partial charge in [-0.3, -0.25) is 14.6 Å². The smallest absolute Gasteiger partial charge is 0.306 e. The molecule has 3 N–H and O–H groups in total. The molecule has 42 heavy (non-hydrogen) atoms. The van der Waals surface area contributed by atoms with Crippen molar-refractivity contribution in [3.8, 4) is 17.5 Å². The summed E-state index contributed by atoms with van der Waals surface area (Å²) >= 11 is 0. The lowest BCUT2D eigenvalue weighted by Crippen LogP contribution is -2.42. The van der Waals surface area contributed by atoms with E-state index in [0.29, 0.717) is 41.6 Å². The number of halogens is 1. The van der Waals surface area contributed by atoms with Crippen LogP contribution in [0.15, 0.2) is 36.7 Å². The third-order valence-electron chi connectivity index (χ3n) is 8.09. The Morgan fingerprint density at radius 2 is 1.90 bits per heavy atom. The summed E-state index contributed by atoms with van der Waals surface area (Å²) in [5, 5.41) is 29.6. The van der Waals surface area contributed by atoms with Crippen molar-refractivity contribution in [2.24, 2.45) is 11.8 Å². The van der Waals surface area contributed by atoms with Crippen LogP contribution in [0, 0.1) is 23.2 Å². The van der Waals surface area contributed by atoms with Crippen LogP contribution in [0.2, 0.25) is 0 Å². The maximum Gasteiger partial charge on any atom is 0.306 e. The zero-order chi connectivity index (χ0) is 29.9. The number of carbonyl (C=O) groups excluding carboxylic acids is 2. The number of nitriles is 1. The van der Waals surface area contributed by atoms with E-state index in [2.05, 4.69) is 26.8 Å². The number of ether oxygens (including phenoxy) is 1. The SMILES string of the molecule is CC(C)(O)[C@H](F)CNC(=O)c1cnc(-c2ccc3cc(C#N)cnn23)cc1NC1CCC(CC(=O)OCC2CC2)CC1. The molecule has 10 nitrogen and oxygen atoms in total. The first-order valence-electron chi connectivity index (χ1n) is 14.6. The molecule has 0 unspecified atom stereocenters. The molecule has 0 aliphatic heterocycles. The molecule has 0 radical (unpaired) electrons. The van der Waals surface area contributed by atoms with E-state index in [1.165, 1.54) is 26.2 Å². The van der Waals surface area contributed by atoms with Crippen molar-refractivity contribution in [1.29, 1.82) is 5.26 Å². The first-order chi connectivity index (χ1) is 20.1. The van der Waals surface area contributed by atoms with Crippen LogP contribution in [-0.2, 0) is 9.53 Å². The monoisotopic (exact) mass is 576 g/mol. The Kier molecular flexibility index (Phi) is 8.73. The quantitative estimate of drug-likeness (QED) is 0.285. The number of pyridine rings is 1. The number of aromatic nitrogens is 3. The molecule has 1 atom stereocenters. The Morgan fingerprint density at radius 1 is 1.17 bits per heavy atom. The molecule has 3 aromatic rings. The first-order valence-corrected chi connectivity index (χ1v) is 14.6. The number of anilines is 1. The zero-order valence-corrected chi connectivity index (χ0v) is 24.0. The van der Waals surface area contributed by atoms with Crippen molar-refractivity contribution >= 4 is 23.1 Å². The molecule has 3 aromatic heterocycles. The largest absolute Gasteiger partial charge is 0.465 e. The van der Waals surface area contributed by atoms with Crippen molar-refractivity contribution in [2.45, 2.75) is 76.6 Å². The van der Waals surface area contributed by atoms with Gasteiger partial charge in [0.05, 0.1) is 58.7 Å². The number of fused-ring (bicyclic) bond motifs is 1. The highest BCUT2D eigenvalue weighted by Gasteiger charge is 2.29. The fourth-order valence-electron chi connectivity index (χ4n) is 5.20. The van der Waals surface area contributed by atoms with E-state index in [1.54, 1.807) is 16.6 Å². The van der Waals surface area contributed by atoms with E-state index in [0.717, 1.165) is 44.0 Å². The molecule has 2 aliphatic rings. The van der Waals surface area contributed by atoms with Crippen LogP contribution in [0.25, 0.3) is 16.9 Å². The average Bonchev–Trinajstić information content (AvgIpc) is 3.71. The maximum absolute atomic E-state index is 14.4. The number of carbonyl (C=O) groups is 2. The predicted octanol–water partition coefficient (Wildman–Crippen LogP) is 4.42. The van der Waals surface area contributed by atoms with Gasteiger partial charge in [-0.15, -0.1) is 0 Å². The lowest BCUT2D eigenvalue weighted by molar-refractivity contribution is -0.145. The van der Waals surface area contributed by atoms with Gasteiger partial charge in [0.25, 0.3) is 5.91 Å². The lowest BCUT2D eigenvalue weighted by atomic mass is 9.84. The number of amides is 1. The summed E-state index contributed by atoms with van der Waals surface area (Å²) < 4.78 is 21.5. The van der Waals surface area contributed by atoms with Gasteiger partial charge in [0.2, 0.25) is 0 Å². The van der Waals surface area contributed by atoms with Gasteiger partial charge in [-0.05, 0) is 88.5 Å². The summed E-state index contributed by atoms with van der Waals surface area (Å²) in [6.07, 6.45) is 7.37. The van der Waals surface area contributed by atoms with Crippen molar-refractivity contribution in [1.82, 2.24) is 19.9 Å². The molecular formula is C31H37FN6O4.